The second-order valence-corrected chi connectivity index (χ2v) is 7.77. The molecule has 28 heavy (non-hydrogen) atoms. The third-order valence-corrected chi connectivity index (χ3v) is 5.91. The number of anilines is 1. The average molecular weight is 390 g/mol. The summed E-state index contributed by atoms with van der Waals surface area (Å²) in [5, 5.41) is 6.90. The minimum absolute atomic E-state index is 0.828. The van der Waals surface area contributed by atoms with Crippen LogP contribution in [-0.2, 0) is 13.0 Å². The molecule has 0 aromatic heterocycles. The SMILES string of the molecule is CCc1ccc(NC(=S)N2CCN(Cc3cccc4ccccc34)CC2)cc1. The van der Waals surface area contributed by atoms with Gasteiger partial charge in [-0.25, -0.2) is 0 Å². The highest BCUT2D eigenvalue weighted by Crippen LogP contribution is 2.21. The van der Waals surface area contributed by atoms with Crippen molar-refractivity contribution >= 4 is 33.8 Å². The van der Waals surface area contributed by atoms with Crippen molar-refractivity contribution < 1.29 is 0 Å². The summed E-state index contributed by atoms with van der Waals surface area (Å²) in [5.41, 5.74) is 3.82. The fourth-order valence-corrected chi connectivity index (χ4v) is 4.11. The Balaban J connectivity index is 1.33. The zero-order valence-corrected chi connectivity index (χ0v) is 17.2. The number of fused-ring (bicyclic) bond motifs is 1. The minimum Gasteiger partial charge on any atom is -0.346 e. The molecule has 1 fully saturated rings. The van der Waals surface area contributed by atoms with E-state index in [-0.39, 0.29) is 0 Å². The monoisotopic (exact) mass is 389 g/mol. The molecular formula is C24H27N3S. The molecule has 4 heteroatoms. The Morgan fingerprint density at radius 2 is 1.61 bits per heavy atom. The van der Waals surface area contributed by atoms with Crippen LogP contribution >= 0.6 is 12.2 Å². The summed E-state index contributed by atoms with van der Waals surface area (Å²) in [5.74, 6) is 0. The molecule has 0 spiro atoms. The van der Waals surface area contributed by atoms with E-state index in [0.29, 0.717) is 0 Å². The summed E-state index contributed by atoms with van der Waals surface area (Å²) in [7, 11) is 0. The standard InChI is InChI=1S/C24H27N3S/c1-2-19-10-12-22(13-11-19)25-24(28)27-16-14-26(15-17-27)18-21-8-5-7-20-6-3-4-9-23(20)21/h3-13H,2,14-18H2,1H3,(H,25,28). The molecule has 144 valence electrons. The van der Waals surface area contributed by atoms with Crippen LogP contribution in [0.15, 0.2) is 66.7 Å². The third kappa shape index (κ3) is 4.34. The van der Waals surface area contributed by atoms with Crippen LogP contribution in [0.4, 0.5) is 5.69 Å². The predicted molar refractivity (Wildman–Crippen MR) is 123 cm³/mol. The molecule has 1 N–H and O–H groups in total. The van der Waals surface area contributed by atoms with Gasteiger partial charge in [-0.1, -0.05) is 61.5 Å². The summed E-state index contributed by atoms with van der Waals surface area (Å²) >= 11 is 5.65. The lowest BCUT2D eigenvalue weighted by atomic mass is 10.0. The summed E-state index contributed by atoms with van der Waals surface area (Å²) in [4.78, 5) is 4.81. The molecule has 0 unspecified atom stereocenters. The van der Waals surface area contributed by atoms with E-state index in [1.54, 1.807) is 0 Å². The summed E-state index contributed by atoms with van der Waals surface area (Å²) in [6.07, 6.45) is 1.06. The minimum atomic E-state index is 0.828. The van der Waals surface area contributed by atoms with E-state index < -0.39 is 0 Å². The van der Waals surface area contributed by atoms with Gasteiger partial charge in [0, 0.05) is 38.4 Å². The lowest BCUT2D eigenvalue weighted by Crippen LogP contribution is -2.49. The molecule has 3 aromatic rings. The van der Waals surface area contributed by atoms with Crippen molar-refractivity contribution in [1.82, 2.24) is 9.80 Å². The van der Waals surface area contributed by atoms with Crippen LogP contribution in [0, 0.1) is 0 Å². The molecule has 4 rings (SSSR count). The maximum absolute atomic E-state index is 5.65. The maximum Gasteiger partial charge on any atom is 0.173 e. The first-order chi connectivity index (χ1) is 13.7. The Kier molecular flexibility index (Phi) is 5.89. The summed E-state index contributed by atoms with van der Waals surface area (Å²) < 4.78 is 0. The molecule has 1 saturated heterocycles. The van der Waals surface area contributed by atoms with Crippen molar-refractivity contribution in [1.29, 1.82) is 0 Å². The highest BCUT2D eigenvalue weighted by atomic mass is 32.1. The van der Waals surface area contributed by atoms with Crippen LogP contribution in [0.3, 0.4) is 0 Å². The summed E-state index contributed by atoms with van der Waals surface area (Å²) in [6, 6.07) is 23.8. The van der Waals surface area contributed by atoms with Crippen molar-refractivity contribution in [3.8, 4) is 0 Å². The molecule has 1 aliphatic heterocycles. The highest BCUT2D eigenvalue weighted by Gasteiger charge is 2.19. The zero-order valence-electron chi connectivity index (χ0n) is 16.4. The van der Waals surface area contributed by atoms with Gasteiger partial charge >= 0.3 is 0 Å². The number of thiocarbonyl (C=S) groups is 1. The van der Waals surface area contributed by atoms with Gasteiger partial charge < -0.3 is 10.2 Å². The van der Waals surface area contributed by atoms with Crippen molar-refractivity contribution in [2.24, 2.45) is 0 Å². The molecular weight excluding hydrogens is 362 g/mol. The van der Waals surface area contributed by atoms with Gasteiger partial charge in [-0.05, 0) is 52.7 Å². The Labute approximate surface area is 173 Å². The Morgan fingerprint density at radius 3 is 2.36 bits per heavy atom. The molecule has 0 atom stereocenters. The molecule has 0 bridgehead atoms. The third-order valence-electron chi connectivity index (χ3n) is 5.55. The van der Waals surface area contributed by atoms with E-state index in [9.17, 15) is 0 Å². The smallest absolute Gasteiger partial charge is 0.173 e. The molecule has 0 saturated carbocycles. The van der Waals surface area contributed by atoms with E-state index in [1.165, 1.54) is 21.9 Å². The van der Waals surface area contributed by atoms with Gasteiger partial charge in [0.25, 0.3) is 0 Å². The maximum atomic E-state index is 5.65. The topological polar surface area (TPSA) is 18.5 Å². The molecule has 1 heterocycles. The number of hydrogen-bond donors (Lipinski definition) is 1. The predicted octanol–water partition coefficient (Wildman–Crippen LogP) is 4.92. The van der Waals surface area contributed by atoms with E-state index >= 15 is 0 Å². The van der Waals surface area contributed by atoms with Crippen molar-refractivity contribution in [3.05, 3.63) is 77.9 Å². The zero-order chi connectivity index (χ0) is 19.3. The van der Waals surface area contributed by atoms with Crippen molar-refractivity contribution in [3.63, 3.8) is 0 Å². The molecule has 0 amide bonds. The number of rotatable bonds is 4. The lowest BCUT2D eigenvalue weighted by Gasteiger charge is -2.36. The van der Waals surface area contributed by atoms with Crippen LogP contribution < -0.4 is 5.32 Å². The quantitative estimate of drug-likeness (QED) is 0.638. The largest absolute Gasteiger partial charge is 0.346 e. The number of nitrogens with one attached hydrogen (secondary N) is 1. The fraction of sp³-hybridized carbons (Fsp3) is 0.292. The van der Waals surface area contributed by atoms with Crippen LogP contribution in [0.2, 0.25) is 0 Å². The van der Waals surface area contributed by atoms with Gasteiger partial charge in [-0.3, -0.25) is 4.90 Å². The van der Waals surface area contributed by atoms with E-state index in [4.69, 9.17) is 12.2 Å². The normalized spacial score (nSPS) is 15.0. The average Bonchev–Trinajstić information content (AvgIpc) is 2.75. The second-order valence-electron chi connectivity index (χ2n) is 7.38. The fourth-order valence-electron chi connectivity index (χ4n) is 3.81. The Bertz CT molecular complexity index is 938. The van der Waals surface area contributed by atoms with Crippen LogP contribution in [0.1, 0.15) is 18.1 Å². The van der Waals surface area contributed by atoms with Crippen molar-refractivity contribution in [2.75, 3.05) is 31.5 Å². The second kappa shape index (κ2) is 8.72. The van der Waals surface area contributed by atoms with Gasteiger partial charge in [0.15, 0.2) is 5.11 Å². The number of nitrogens with zero attached hydrogens (tertiary/aromatic N) is 2. The van der Waals surface area contributed by atoms with Gasteiger partial charge in [-0.2, -0.15) is 0 Å². The molecule has 3 nitrogen and oxygen atoms in total. The van der Waals surface area contributed by atoms with Gasteiger partial charge in [0.1, 0.15) is 0 Å². The van der Waals surface area contributed by atoms with Crippen LogP contribution in [0.25, 0.3) is 10.8 Å². The van der Waals surface area contributed by atoms with E-state index in [1.807, 2.05) is 0 Å². The summed E-state index contributed by atoms with van der Waals surface area (Å²) in [6.45, 7) is 7.14. The van der Waals surface area contributed by atoms with Crippen molar-refractivity contribution in [2.45, 2.75) is 19.9 Å². The molecule has 0 radical (unpaired) electrons. The first-order valence-corrected chi connectivity index (χ1v) is 10.5. The Hall–Kier alpha value is -2.43. The molecule has 0 aliphatic carbocycles. The molecule has 3 aromatic carbocycles. The number of aryl methyl sites for hydroxylation is 1. The Morgan fingerprint density at radius 1 is 0.893 bits per heavy atom. The van der Waals surface area contributed by atoms with E-state index in [0.717, 1.165) is 49.9 Å². The lowest BCUT2D eigenvalue weighted by molar-refractivity contribution is 0.177. The number of hydrogen-bond acceptors (Lipinski definition) is 2. The van der Waals surface area contributed by atoms with Gasteiger partial charge in [-0.15, -0.1) is 0 Å². The first-order valence-electron chi connectivity index (χ1n) is 10.1. The van der Waals surface area contributed by atoms with Gasteiger partial charge in [0.05, 0.1) is 0 Å². The number of benzene rings is 3. The van der Waals surface area contributed by atoms with Crippen LogP contribution in [-0.4, -0.2) is 41.1 Å². The highest BCUT2D eigenvalue weighted by molar-refractivity contribution is 7.80. The van der Waals surface area contributed by atoms with Crippen LogP contribution in [0.5, 0.6) is 0 Å². The van der Waals surface area contributed by atoms with E-state index in [2.05, 4.69) is 88.8 Å². The number of piperazine rings is 1. The molecule has 1 aliphatic rings. The van der Waals surface area contributed by atoms with Gasteiger partial charge in [0.2, 0.25) is 0 Å². The first kappa shape index (κ1) is 18.9.